The summed E-state index contributed by atoms with van der Waals surface area (Å²) < 4.78 is 1.78. The first-order valence-electron chi connectivity index (χ1n) is 6.96. The van der Waals surface area contributed by atoms with E-state index in [1.54, 1.807) is 0 Å². The van der Waals surface area contributed by atoms with Gasteiger partial charge < -0.3 is 5.32 Å². The number of carbonyl (C=O) groups is 1. The number of nitrogens with zero attached hydrogens (tertiary/aromatic N) is 1. The minimum Gasteiger partial charge on any atom is -0.320 e. The highest BCUT2D eigenvalue weighted by atomic mass is 79.9. The van der Waals surface area contributed by atoms with Crippen LogP contribution in [0, 0.1) is 20.8 Å². The van der Waals surface area contributed by atoms with Crippen LogP contribution in [0.3, 0.4) is 0 Å². The maximum atomic E-state index is 12.4. The normalized spacial score (nSPS) is 15.0. The fourth-order valence-electron chi connectivity index (χ4n) is 2.52. The Hall–Kier alpha value is -1.17. The maximum absolute atomic E-state index is 12.4. The van der Waals surface area contributed by atoms with Crippen LogP contribution in [0.5, 0.6) is 0 Å². The Bertz CT molecular complexity index is 891. The van der Waals surface area contributed by atoms with Crippen molar-refractivity contribution in [3.8, 4) is 0 Å². The summed E-state index contributed by atoms with van der Waals surface area (Å²) >= 11 is 13.2. The monoisotopic (exact) mass is 454 g/mol. The Labute approximate surface area is 156 Å². The summed E-state index contributed by atoms with van der Waals surface area (Å²) in [6.07, 6.45) is 0. The molecule has 2 aromatic rings. The number of rotatable bonds is 1. The van der Waals surface area contributed by atoms with Crippen LogP contribution in [0.1, 0.15) is 22.3 Å². The van der Waals surface area contributed by atoms with E-state index in [-0.39, 0.29) is 5.91 Å². The Balaban J connectivity index is 2.21. The number of aliphatic imine (C=N–C) groups is 1. The van der Waals surface area contributed by atoms with Crippen molar-refractivity contribution < 1.29 is 4.79 Å². The zero-order valence-electron chi connectivity index (χ0n) is 12.7. The van der Waals surface area contributed by atoms with Crippen molar-refractivity contribution >= 4 is 66.5 Å². The molecule has 0 spiro atoms. The second kappa shape index (κ2) is 6.04. The highest BCUT2D eigenvalue weighted by Gasteiger charge is 2.29. The fourth-order valence-corrected chi connectivity index (χ4v) is 3.63. The van der Waals surface area contributed by atoms with E-state index in [1.165, 1.54) is 0 Å². The summed E-state index contributed by atoms with van der Waals surface area (Å²) in [6.45, 7) is 5.90. The second-order valence-corrected chi connectivity index (χ2v) is 7.54. The van der Waals surface area contributed by atoms with Crippen molar-refractivity contribution in [2.45, 2.75) is 20.8 Å². The van der Waals surface area contributed by atoms with E-state index in [2.05, 4.69) is 42.2 Å². The summed E-state index contributed by atoms with van der Waals surface area (Å²) in [5.74, 6) is -0.211. The SMILES string of the molecule is Cc1c(Br)ccc(N=C2C(=O)Nc3c2cc(Br)c(Cl)c3C)c1C. The molecule has 1 amide bonds. The van der Waals surface area contributed by atoms with Crippen LogP contribution in [0.2, 0.25) is 5.02 Å². The highest BCUT2D eigenvalue weighted by Crippen LogP contribution is 2.38. The number of carbonyl (C=O) groups excluding carboxylic acids is 1. The quantitative estimate of drug-likeness (QED) is 0.574. The fraction of sp³-hybridized carbons (Fsp3) is 0.176. The first-order chi connectivity index (χ1) is 10.8. The molecule has 1 aliphatic rings. The van der Waals surface area contributed by atoms with Crippen LogP contribution in [0.15, 0.2) is 32.1 Å². The predicted molar refractivity (Wildman–Crippen MR) is 102 cm³/mol. The molecule has 118 valence electrons. The van der Waals surface area contributed by atoms with Gasteiger partial charge in [0.1, 0.15) is 5.71 Å². The third-order valence-corrected chi connectivity index (χ3v) is 6.29. The highest BCUT2D eigenvalue weighted by molar-refractivity contribution is 9.10. The third-order valence-electron chi connectivity index (χ3n) is 4.09. The average Bonchev–Trinajstić information content (AvgIpc) is 2.82. The molecule has 3 nitrogen and oxygen atoms in total. The molecule has 0 atom stereocenters. The lowest BCUT2D eigenvalue weighted by molar-refractivity contribution is -0.110. The van der Waals surface area contributed by atoms with Gasteiger partial charge in [-0.2, -0.15) is 0 Å². The van der Waals surface area contributed by atoms with Gasteiger partial charge in [-0.15, -0.1) is 0 Å². The third kappa shape index (κ3) is 2.75. The van der Waals surface area contributed by atoms with Gasteiger partial charge in [0, 0.05) is 14.5 Å². The maximum Gasteiger partial charge on any atom is 0.275 e. The van der Waals surface area contributed by atoms with Gasteiger partial charge in [0.25, 0.3) is 5.91 Å². The smallest absolute Gasteiger partial charge is 0.275 e. The van der Waals surface area contributed by atoms with Gasteiger partial charge in [-0.05, 0) is 71.6 Å². The molecule has 23 heavy (non-hydrogen) atoms. The van der Waals surface area contributed by atoms with Crippen LogP contribution < -0.4 is 5.32 Å². The molecule has 0 radical (unpaired) electrons. The molecule has 1 N–H and O–H groups in total. The van der Waals surface area contributed by atoms with Crippen molar-refractivity contribution in [1.82, 2.24) is 0 Å². The Morgan fingerprint density at radius 1 is 1.04 bits per heavy atom. The van der Waals surface area contributed by atoms with Gasteiger partial charge >= 0.3 is 0 Å². The van der Waals surface area contributed by atoms with Gasteiger partial charge in [-0.3, -0.25) is 4.79 Å². The van der Waals surface area contributed by atoms with Gasteiger partial charge in [0.2, 0.25) is 0 Å². The molecule has 0 fully saturated rings. The minimum atomic E-state index is -0.211. The Morgan fingerprint density at radius 3 is 2.43 bits per heavy atom. The zero-order chi connectivity index (χ0) is 16.9. The van der Waals surface area contributed by atoms with Gasteiger partial charge in [0.15, 0.2) is 0 Å². The second-order valence-electron chi connectivity index (χ2n) is 5.45. The van der Waals surface area contributed by atoms with Gasteiger partial charge in [-0.1, -0.05) is 27.5 Å². The van der Waals surface area contributed by atoms with Crippen LogP contribution in [-0.4, -0.2) is 11.6 Å². The van der Waals surface area contributed by atoms with Crippen molar-refractivity contribution in [2.24, 2.45) is 4.99 Å². The molecule has 0 saturated carbocycles. The predicted octanol–water partition coefficient (Wildman–Crippen LogP) is 5.86. The lowest BCUT2D eigenvalue weighted by atomic mass is 10.1. The molecule has 3 rings (SSSR count). The number of fused-ring (bicyclic) bond motifs is 1. The molecule has 6 heteroatoms. The number of hydrogen-bond acceptors (Lipinski definition) is 2. The van der Waals surface area contributed by atoms with E-state index in [0.717, 1.165) is 42.6 Å². The summed E-state index contributed by atoms with van der Waals surface area (Å²) in [5, 5.41) is 3.46. The van der Waals surface area contributed by atoms with E-state index in [1.807, 2.05) is 39.0 Å². The average molecular weight is 457 g/mol. The van der Waals surface area contributed by atoms with Crippen LogP contribution >= 0.6 is 43.5 Å². The van der Waals surface area contributed by atoms with Gasteiger partial charge in [-0.25, -0.2) is 4.99 Å². The van der Waals surface area contributed by atoms with Gasteiger partial charge in [0.05, 0.1) is 16.4 Å². The number of halogens is 3. The lowest BCUT2D eigenvalue weighted by Gasteiger charge is -2.08. The standard InChI is InChI=1S/C17H13Br2ClN2O/c1-7-8(2)13(5-4-11(7)18)21-16-10-6-12(19)14(20)9(3)15(10)22-17(16)23/h4-6H,1-3H3,(H,21,22,23). The molecule has 0 aliphatic carbocycles. The molecule has 2 aromatic carbocycles. The number of anilines is 1. The topological polar surface area (TPSA) is 41.5 Å². The molecule has 1 heterocycles. The molecule has 0 unspecified atom stereocenters. The van der Waals surface area contributed by atoms with Crippen LogP contribution in [0.4, 0.5) is 11.4 Å². The van der Waals surface area contributed by atoms with E-state index in [9.17, 15) is 4.79 Å². The Kier molecular flexibility index (Phi) is 4.38. The lowest BCUT2D eigenvalue weighted by Crippen LogP contribution is -2.14. The Morgan fingerprint density at radius 2 is 1.74 bits per heavy atom. The van der Waals surface area contributed by atoms with Crippen molar-refractivity contribution in [2.75, 3.05) is 5.32 Å². The molecule has 0 aromatic heterocycles. The summed E-state index contributed by atoms with van der Waals surface area (Å²) in [7, 11) is 0. The molecular formula is C17H13Br2ClN2O. The van der Waals surface area contributed by atoms with E-state index < -0.39 is 0 Å². The zero-order valence-corrected chi connectivity index (χ0v) is 16.6. The van der Waals surface area contributed by atoms with Crippen LogP contribution in [-0.2, 0) is 4.79 Å². The first kappa shape index (κ1) is 16.7. The first-order valence-corrected chi connectivity index (χ1v) is 8.92. The summed E-state index contributed by atoms with van der Waals surface area (Å²) in [6, 6.07) is 5.68. The minimum absolute atomic E-state index is 0.211. The molecule has 0 bridgehead atoms. The summed E-state index contributed by atoms with van der Waals surface area (Å²) in [4.78, 5) is 17.0. The number of amides is 1. The van der Waals surface area contributed by atoms with Crippen molar-refractivity contribution in [3.63, 3.8) is 0 Å². The molecule has 1 aliphatic heterocycles. The summed E-state index contributed by atoms with van der Waals surface area (Å²) in [5.41, 5.74) is 5.67. The van der Waals surface area contributed by atoms with E-state index in [0.29, 0.717) is 10.7 Å². The van der Waals surface area contributed by atoms with Crippen molar-refractivity contribution in [3.05, 3.63) is 54.4 Å². The number of benzene rings is 2. The van der Waals surface area contributed by atoms with Crippen LogP contribution in [0.25, 0.3) is 0 Å². The van der Waals surface area contributed by atoms with E-state index in [4.69, 9.17) is 11.6 Å². The van der Waals surface area contributed by atoms with Crippen molar-refractivity contribution in [1.29, 1.82) is 0 Å². The molecule has 0 saturated heterocycles. The number of hydrogen-bond donors (Lipinski definition) is 1. The molecular weight excluding hydrogens is 443 g/mol. The van der Waals surface area contributed by atoms with E-state index >= 15 is 0 Å². The number of nitrogens with one attached hydrogen (secondary N) is 1. The largest absolute Gasteiger partial charge is 0.320 e.